The van der Waals surface area contributed by atoms with E-state index in [0.717, 1.165) is 11.1 Å². The first-order chi connectivity index (χ1) is 16.2. The van der Waals surface area contributed by atoms with Gasteiger partial charge >= 0.3 is 0 Å². The van der Waals surface area contributed by atoms with Gasteiger partial charge in [0.25, 0.3) is 0 Å². The largest absolute Gasteiger partial charge is 0.490 e. The van der Waals surface area contributed by atoms with Crippen molar-refractivity contribution in [1.82, 2.24) is 0 Å². The maximum Gasteiger partial charge on any atom is 0.150 e. The normalized spacial score (nSPS) is 29.6. The Morgan fingerprint density at radius 2 is 1.65 bits per heavy atom. The minimum atomic E-state index is -2.93. The van der Waals surface area contributed by atoms with Gasteiger partial charge in [-0.1, -0.05) is 35.9 Å². The fraction of sp³-hybridized carbons (Fsp3) is 0.500. The summed E-state index contributed by atoms with van der Waals surface area (Å²) in [4.78, 5) is 0. The van der Waals surface area contributed by atoms with Crippen LogP contribution in [0.4, 0.5) is 0 Å². The molecule has 0 aliphatic carbocycles. The van der Waals surface area contributed by atoms with Gasteiger partial charge < -0.3 is 29.9 Å². The summed E-state index contributed by atoms with van der Waals surface area (Å²) < 4.78 is 34.7. The Labute approximate surface area is 203 Å². The van der Waals surface area contributed by atoms with Gasteiger partial charge in [0.15, 0.2) is 9.84 Å². The van der Waals surface area contributed by atoms with E-state index < -0.39 is 47.0 Å². The highest BCUT2D eigenvalue weighted by Gasteiger charge is 2.44. The van der Waals surface area contributed by atoms with Crippen molar-refractivity contribution in [2.75, 3.05) is 18.1 Å². The predicted octanol–water partition coefficient (Wildman–Crippen LogP) is 1.40. The second-order valence-corrected chi connectivity index (χ2v) is 11.6. The summed E-state index contributed by atoms with van der Waals surface area (Å²) in [6.45, 7) is -0.493. The van der Waals surface area contributed by atoms with Crippen LogP contribution in [0.15, 0.2) is 42.5 Å². The highest BCUT2D eigenvalue weighted by atomic mass is 35.5. The Bertz CT molecular complexity index is 1070. The summed E-state index contributed by atoms with van der Waals surface area (Å²) in [5.74, 6) is 0.979. The lowest BCUT2D eigenvalue weighted by Gasteiger charge is -2.40. The zero-order chi connectivity index (χ0) is 24.5. The smallest absolute Gasteiger partial charge is 0.150 e. The van der Waals surface area contributed by atoms with E-state index in [1.807, 2.05) is 24.3 Å². The topological polar surface area (TPSA) is 134 Å². The van der Waals surface area contributed by atoms with Crippen molar-refractivity contribution in [3.63, 3.8) is 0 Å². The molecule has 10 heteroatoms. The van der Waals surface area contributed by atoms with Gasteiger partial charge in [-0.05, 0) is 54.2 Å². The fourth-order valence-electron chi connectivity index (χ4n) is 4.37. The van der Waals surface area contributed by atoms with Gasteiger partial charge in [-0.3, -0.25) is 0 Å². The first-order valence-corrected chi connectivity index (χ1v) is 13.4. The summed E-state index contributed by atoms with van der Waals surface area (Å²) in [6, 6.07) is 12.6. The first kappa shape index (κ1) is 25.4. The van der Waals surface area contributed by atoms with Gasteiger partial charge in [-0.15, -0.1) is 0 Å². The van der Waals surface area contributed by atoms with Crippen LogP contribution in [0.25, 0.3) is 0 Å². The van der Waals surface area contributed by atoms with E-state index in [2.05, 4.69) is 0 Å². The molecule has 0 radical (unpaired) electrons. The third-order valence-corrected chi connectivity index (χ3v) is 8.50. The zero-order valence-corrected chi connectivity index (χ0v) is 20.0. The third-order valence-electron chi connectivity index (χ3n) is 6.41. The van der Waals surface area contributed by atoms with Crippen molar-refractivity contribution in [3.8, 4) is 5.75 Å². The number of aliphatic hydroxyl groups is 4. The predicted molar refractivity (Wildman–Crippen MR) is 126 cm³/mol. The van der Waals surface area contributed by atoms with E-state index in [9.17, 15) is 28.8 Å². The molecule has 0 saturated carbocycles. The van der Waals surface area contributed by atoms with E-state index in [1.54, 1.807) is 18.2 Å². The molecule has 2 aromatic carbocycles. The Kier molecular flexibility index (Phi) is 7.83. The van der Waals surface area contributed by atoms with Crippen LogP contribution < -0.4 is 4.74 Å². The summed E-state index contributed by atoms with van der Waals surface area (Å²) in [5, 5.41) is 40.5. The van der Waals surface area contributed by atoms with E-state index >= 15 is 0 Å². The molecule has 1 unspecified atom stereocenters. The van der Waals surface area contributed by atoms with Crippen LogP contribution >= 0.6 is 11.6 Å². The van der Waals surface area contributed by atoms with Gasteiger partial charge in [0.05, 0.1) is 18.1 Å². The fourth-order valence-corrected chi connectivity index (χ4v) is 6.00. The zero-order valence-electron chi connectivity index (χ0n) is 18.5. The highest BCUT2D eigenvalue weighted by molar-refractivity contribution is 7.91. The number of aliphatic hydroxyl groups excluding tert-OH is 4. The average molecular weight is 513 g/mol. The molecule has 2 heterocycles. The van der Waals surface area contributed by atoms with E-state index in [1.165, 1.54) is 0 Å². The van der Waals surface area contributed by atoms with Crippen molar-refractivity contribution < 1.29 is 38.3 Å². The first-order valence-electron chi connectivity index (χ1n) is 11.2. The molecule has 2 aliphatic heterocycles. The van der Waals surface area contributed by atoms with Gasteiger partial charge in [-0.25, -0.2) is 8.42 Å². The molecule has 2 fully saturated rings. The molecule has 4 N–H and O–H groups in total. The van der Waals surface area contributed by atoms with Gasteiger partial charge in [0.1, 0.15) is 42.4 Å². The van der Waals surface area contributed by atoms with Gasteiger partial charge in [-0.2, -0.15) is 0 Å². The maximum absolute atomic E-state index is 11.6. The van der Waals surface area contributed by atoms with Crippen LogP contribution in [-0.2, 0) is 21.0 Å². The Hall–Kier alpha value is -1.72. The third kappa shape index (κ3) is 5.73. The van der Waals surface area contributed by atoms with Crippen LogP contribution in [0.2, 0.25) is 5.02 Å². The molecule has 0 amide bonds. The van der Waals surface area contributed by atoms with E-state index in [-0.39, 0.29) is 17.6 Å². The summed E-state index contributed by atoms with van der Waals surface area (Å²) >= 11 is 6.41. The molecular formula is C24H29ClO8S. The highest BCUT2D eigenvalue weighted by Crippen LogP contribution is 2.34. The molecule has 2 aromatic rings. The minimum Gasteiger partial charge on any atom is -0.490 e. The lowest BCUT2D eigenvalue weighted by atomic mass is 9.90. The standard InChI is InChI=1S/C24H29ClO8S/c25-19-6-3-15(24-23(29)22(28)21(27)20(13-26)33-24)12-16(19)11-14-1-4-17(5-2-14)32-18-7-9-34(30,31)10-8-18/h1-6,12,18,20-24,26-29H,7-11,13H2/t20?,21-,22+,23-,24+/m1/s1. The number of ether oxygens (including phenoxy) is 2. The summed E-state index contributed by atoms with van der Waals surface area (Å²) in [7, 11) is -2.93. The second kappa shape index (κ2) is 10.5. The lowest BCUT2D eigenvalue weighted by molar-refractivity contribution is -0.231. The van der Waals surface area contributed by atoms with Crippen molar-refractivity contribution in [3.05, 3.63) is 64.2 Å². The SMILES string of the molecule is O=S1(=O)CCC(Oc2ccc(Cc3cc([C@@H]4OC(CO)[C@@H](O)[C@H](O)[C@H]4O)ccc3Cl)cc2)CC1. The van der Waals surface area contributed by atoms with Crippen molar-refractivity contribution in [2.45, 2.75) is 55.9 Å². The molecule has 4 rings (SSSR count). The van der Waals surface area contributed by atoms with Crippen LogP contribution in [0.5, 0.6) is 5.75 Å². The molecule has 0 aromatic heterocycles. The van der Waals surface area contributed by atoms with Gasteiger partial charge in [0, 0.05) is 5.02 Å². The van der Waals surface area contributed by atoms with Gasteiger partial charge in [0.2, 0.25) is 0 Å². The average Bonchev–Trinajstić information content (AvgIpc) is 2.82. The molecule has 186 valence electrons. The second-order valence-electron chi connectivity index (χ2n) is 8.89. The monoisotopic (exact) mass is 512 g/mol. The van der Waals surface area contributed by atoms with Crippen LogP contribution in [0.3, 0.4) is 0 Å². The Morgan fingerprint density at radius 3 is 2.29 bits per heavy atom. The number of hydrogen-bond donors (Lipinski definition) is 4. The summed E-state index contributed by atoms with van der Waals surface area (Å²) in [5.41, 5.74) is 2.32. The van der Waals surface area contributed by atoms with Crippen molar-refractivity contribution in [2.24, 2.45) is 0 Å². The van der Waals surface area contributed by atoms with E-state index in [0.29, 0.717) is 35.6 Å². The Balaban J connectivity index is 1.44. The number of benzene rings is 2. The molecule has 2 aliphatic rings. The van der Waals surface area contributed by atoms with Crippen molar-refractivity contribution >= 4 is 21.4 Å². The molecule has 0 spiro atoms. The number of hydrogen-bond acceptors (Lipinski definition) is 8. The lowest BCUT2D eigenvalue weighted by Crippen LogP contribution is -2.55. The maximum atomic E-state index is 11.6. The molecule has 2 saturated heterocycles. The molecule has 34 heavy (non-hydrogen) atoms. The number of sulfone groups is 1. The van der Waals surface area contributed by atoms with Crippen LogP contribution in [0.1, 0.15) is 35.6 Å². The molecule has 0 bridgehead atoms. The Morgan fingerprint density at radius 1 is 0.971 bits per heavy atom. The van der Waals surface area contributed by atoms with Crippen LogP contribution in [-0.4, -0.2) is 77.5 Å². The minimum absolute atomic E-state index is 0.112. The van der Waals surface area contributed by atoms with Crippen molar-refractivity contribution in [1.29, 1.82) is 0 Å². The number of halogens is 1. The summed E-state index contributed by atoms with van der Waals surface area (Å²) in [6.07, 6.45) is -4.78. The van der Waals surface area contributed by atoms with Crippen LogP contribution in [0, 0.1) is 0 Å². The van der Waals surface area contributed by atoms with E-state index in [4.69, 9.17) is 21.1 Å². The molecular weight excluding hydrogens is 484 g/mol. The molecule has 5 atom stereocenters. The number of rotatable bonds is 6. The quantitative estimate of drug-likeness (QED) is 0.456. The molecule has 8 nitrogen and oxygen atoms in total.